The molecule has 2 N–H and O–H groups in total. The first-order chi connectivity index (χ1) is 6.70. The summed E-state index contributed by atoms with van der Waals surface area (Å²) < 4.78 is 0. The van der Waals surface area contributed by atoms with E-state index in [-0.39, 0.29) is 0 Å². The fourth-order valence-electron chi connectivity index (χ4n) is 1.79. The largest absolute Gasteiger partial charge is 0.478 e. The minimum Gasteiger partial charge on any atom is -0.478 e. The fourth-order valence-corrected chi connectivity index (χ4v) is 1.79. The first kappa shape index (κ1) is 11.2. The van der Waals surface area contributed by atoms with Crippen molar-refractivity contribution in [1.29, 1.82) is 0 Å². The number of carboxylic acids is 1. The Morgan fingerprint density at radius 1 is 1.50 bits per heavy atom. The van der Waals surface area contributed by atoms with Gasteiger partial charge in [-0.1, -0.05) is 6.08 Å². The molecule has 0 aromatic heterocycles. The van der Waals surface area contributed by atoms with Gasteiger partial charge in [-0.15, -0.1) is 0 Å². The van der Waals surface area contributed by atoms with Crippen LogP contribution >= 0.6 is 0 Å². The van der Waals surface area contributed by atoms with Crippen molar-refractivity contribution in [3.8, 4) is 0 Å². The van der Waals surface area contributed by atoms with Gasteiger partial charge in [0.05, 0.1) is 0 Å². The van der Waals surface area contributed by atoms with Gasteiger partial charge in [0, 0.05) is 5.57 Å². The Kier molecular flexibility index (Phi) is 4.66. The summed E-state index contributed by atoms with van der Waals surface area (Å²) in [5, 5.41) is 12.0. The molecule has 0 aromatic carbocycles. The van der Waals surface area contributed by atoms with Crippen LogP contribution in [-0.4, -0.2) is 24.2 Å². The molecule has 0 aromatic rings. The molecule has 80 valence electrons. The maximum absolute atomic E-state index is 10.5. The minimum atomic E-state index is -0.796. The number of piperidine rings is 1. The summed E-state index contributed by atoms with van der Waals surface area (Å²) in [6.45, 7) is 3.89. The molecule has 0 amide bonds. The van der Waals surface area contributed by atoms with Gasteiger partial charge >= 0.3 is 5.97 Å². The van der Waals surface area contributed by atoms with E-state index in [9.17, 15) is 4.79 Å². The zero-order chi connectivity index (χ0) is 10.4. The standard InChI is InChI=1S/C11H19NO2/c1-9(11(13)14)3-2-4-10-5-7-12-8-6-10/h3,10,12H,2,4-8H2,1H3,(H,13,14). The molecule has 14 heavy (non-hydrogen) atoms. The van der Waals surface area contributed by atoms with Gasteiger partial charge in [0.25, 0.3) is 0 Å². The highest BCUT2D eigenvalue weighted by Crippen LogP contribution is 2.18. The van der Waals surface area contributed by atoms with Crippen molar-refractivity contribution in [1.82, 2.24) is 5.32 Å². The lowest BCUT2D eigenvalue weighted by molar-refractivity contribution is -0.132. The van der Waals surface area contributed by atoms with Crippen LogP contribution in [0.3, 0.4) is 0 Å². The smallest absolute Gasteiger partial charge is 0.330 e. The molecule has 1 heterocycles. The third kappa shape index (κ3) is 3.92. The molecule has 1 saturated heterocycles. The van der Waals surface area contributed by atoms with Crippen LogP contribution in [0.4, 0.5) is 0 Å². The second-order valence-corrected chi connectivity index (χ2v) is 3.96. The summed E-state index contributed by atoms with van der Waals surface area (Å²) in [6.07, 6.45) is 6.35. The highest BCUT2D eigenvalue weighted by atomic mass is 16.4. The Morgan fingerprint density at radius 3 is 2.71 bits per heavy atom. The molecule has 1 aliphatic heterocycles. The number of allylic oxidation sites excluding steroid dienone is 1. The lowest BCUT2D eigenvalue weighted by Gasteiger charge is -2.21. The van der Waals surface area contributed by atoms with Gasteiger partial charge in [0.2, 0.25) is 0 Å². The van der Waals surface area contributed by atoms with Crippen LogP contribution in [0.15, 0.2) is 11.6 Å². The average molecular weight is 197 g/mol. The Hall–Kier alpha value is -0.830. The van der Waals surface area contributed by atoms with Gasteiger partial charge in [0.15, 0.2) is 0 Å². The topological polar surface area (TPSA) is 49.3 Å². The average Bonchev–Trinajstić information content (AvgIpc) is 2.19. The summed E-state index contributed by atoms with van der Waals surface area (Å²) in [6, 6.07) is 0. The fraction of sp³-hybridized carbons (Fsp3) is 0.727. The Morgan fingerprint density at radius 2 is 2.14 bits per heavy atom. The summed E-state index contributed by atoms with van der Waals surface area (Å²) >= 11 is 0. The maximum atomic E-state index is 10.5. The van der Waals surface area contributed by atoms with Crippen molar-refractivity contribution in [2.75, 3.05) is 13.1 Å². The molecular formula is C11H19NO2. The molecule has 1 fully saturated rings. The van der Waals surface area contributed by atoms with Gasteiger partial charge in [0.1, 0.15) is 0 Å². The van der Waals surface area contributed by atoms with E-state index >= 15 is 0 Å². The summed E-state index contributed by atoms with van der Waals surface area (Å²) in [5.74, 6) is -0.00981. The summed E-state index contributed by atoms with van der Waals surface area (Å²) in [7, 11) is 0. The first-order valence-corrected chi connectivity index (χ1v) is 5.31. The molecule has 3 nitrogen and oxygen atoms in total. The van der Waals surface area contributed by atoms with E-state index < -0.39 is 5.97 Å². The van der Waals surface area contributed by atoms with Crippen LogP contribution in [0.2, 0.25) is 0 Å². The van der Waals surface area contributed by atoms with Crippen LogP contribution < -0.4 is 5.32 Å². The van der Waals surface area contributed by atoms with E-state index in [1.807, 2.05) is 6.08 Å². The SMILES string of the molecule is CC(=CCCC1CCNCC1)C(=O)O. The van der Waals surface area contributed by atoms with E-state index in [1.165, 1.54) is 12.8 Å². The quantitative estimate of drug-likeness (QED) is 0.676. The molecule has 1 rings (SSSR count). The van der Waals surface area contributed by atoms with Gasteiger partial charge in [-0.2, -0.15) is 0 Å². The van der Waals surface area contributed by atoms with E-state index in [4.69, 9.17) is 5.11 Å². The van der Waals surface area contributed by atoms with Crippen molar-refractivity contribution in [3.63, 3.8) is 0 Å². The van der Waals surface area contributed by atoms with E-state index in [0.29, 0.717) is 5.57 Å². The van der Waals surface area contributed by atoms with Crippen molar-refractivity contribution < 1.29 is 9.90 Å². The maximum Gasteiger partial charge on any atom is 0.330 e. The van der Waals surface area contributed by atoms with Crippen molar-refractivity contribution in [2.45, 2.75) is 32.6 Å². The highest BCUT2D eigenvalue weighted by Gasteiger charge is 2.11. The molecule has 0 unspecified atom stereocenters. The number of carbonyl (C=O) groups is 1. The van der Waals surface area contributed by atoms with Crippen molar-refractivity contribution >= 4 is 5.97 Å². The number of rotatable bonds is 4. The molecule has 0 atom stereocenters. The third-order valence-electron chi connectivity index (χ3n) is 2.82. The van der Waals surface area contributed by atoms with E-state index in [2.05, 4.69) is 5.32 Å². The van der Waals surface area contributed by atoms with Gasteiger partial charge in [-0.3, -0.25) is 0 Å². The van der Waals surface area contributed by atoms with Crippen LogP contribution in [0.1, 0.15) is 32.6 Å². The third-order valence-corrected chi connectivity index (χ3v) is 2.82. The molecule has 3 heteroatoms. The zero-order valence-corrected chi connectivity index (χ0v) is 8.75. The van der Waals surface area contributed by atoms with Gasteiger partial charge in [-0.25, -0.2) is 4.79 Å². The zero-order valence-electron chi connectivity index (χ0n) is 8.75. The van der Waals surface area contributed by atoms with E-state index in [1.54, 1.807) is 6.92 Å². The normalized spacial score (nSPS) is 19.6. The number of aliphatic carboxylic acids is 1. The second-order valence-electron chi connectivity index (χ2n) is 3.96. The van der Waals surface area contributed by atoms with Gasteiger partial charge in [-0.05, 0) is 51.6 Å². The lowest BCUT2D eigenvalue weighted by atomic mass is 9.93. The van der Waals surface area contributed by atoms with E-state index in [0.717, 1.165) is 31.8 Å². The second kappa shape index (κ2) is 5.81. The van der Waals surface area contributed by atoms with Crippen molar-refractivity contribution in [3.05, 3.63) is 11.6 Å². The Balaban J connectivity index is 2.19. The molecular weight excluding hydrogens is 178 g/mol. The molecule has 0 bridgehead atoms. The van der Waals surface area contributed by atoms with Gasteiger partial charge < -0.3 is 10.4 Å². The minimum absolute atomic E-state index is 0.471. The molecule has 0 saturated carbocycles. The van der Waals surface area contributed by atoms with Crippen LogP contribution in [0.25, 0.3) is 0 Å². The molecule has 0 spiro atoms. The predicted molar refractivity (Wildman–Crippen MR) is 56.2 cm³/mol. The van der Waals surface area contributed by atoms with Crippen molar-refractivity contribution in [2.24, 2.45) is 5.92 Å². The van der Waals surface area contributed by atoms with Crippen LogP contribution in [0.5, 0.6) is 0 Å². The number of hydrogen-bond acceptors (Lipinski definition) is 2. The molecule has 0 aliphatic carbocycles. The molecule has 1 aliphatic rings. The molecule has 0 radical (unpaired) electrons. The van der Waals surface area contributed by atoms with Crippen LogP contribution in [-0.2, 0) is 4.79 Å². The number of carboxylic acid groups (broad SMARTS) is 1. The Labute approximate surface area is 85.2 Å². The number of hydrogen-bond donors (Lipinski definition) is 2. The first-order valence-electron chi connectivity index (χ1n) is 5.31. The predicted octanol–water partition coefficient (Wildman–Crippen LogP) is 1.80. The number of nitrogens with one attached hydrogen (secondary N) is 1. The monoisotopic (exact) mass is 197 g/mol. The highest BCUT2D eigenvalue weighted by molar-refractivity contribution is 5.85. The summed E-state index contributed by atoms with van der Waals surface area (Å²) in [4.78, 5) is 10.5. The van der Waals surface area contributed by atoms with Crippen LogP contribution in [0, 0.1) is 5.92 Å². The summed E-state index contributed by atoms with van der Waals surface area (Å²) in [5.41, 5.74) is 0.471. The Bertz CT molecular complexity index is 217. The lowest BCUT2D eigenvalue weighted by Crippen LogP contribution is -2.27.